The van der Waals surface area contributed by atoms with E-state index in [1.165, 1.54) is 0 Å². The molecule has 0 spiro atoms. The van der Waals surface area contributed by atoms with Gasteiger partial charge in [-0.3, -0.25) is 9.59 Å². The molecule has 5 nitrogen and oxygen atoms in total. The van der Waals surface area contributed by atoms with E-state index in [-0.39, 0.29) is 23.8 Å². The van der Waals surface area contributed by atoms with Crippen LogP contribution in [0.4, 0.5) is 0 Å². The summed E-state index contributed by atoms with van der Waals surface area (Å²) in [5.41, 5.74) is 5.90. The van der Waals surface area contributed by atoms with Gasteiger partial charge in [0, 0.05) is 13.1 Å². The largest absolute Gasteiger partial charge is 0.354 e. The van der Waals surface area contributed by atoms with Crippen LogP contribution in [-0.4, -0.2) is 41.9 Å². The number of carbonyl (C=O) groups excluding carboxylic acids is 2. The maximum atomic E-state index is 12.3. The van der Waals surface area contributed by atoms with Crippen molar-refractivity contribution >= 4 is 11.8 Å². The molecule has 0 bridgehead atoms. The predicted octanol–water partition coefficient (Wildman–Crippen LogP) is 0.733. The Bertz CT molecular complexity index is 329. The highest BCUT2D eigenvalue weighted by Gasteiger charge is 2.36. The first-order valence-electron chi connectivity index (χ1n) is 7.18. The lowest BCUT2D eigenvalue weighted by Crippen LogP contribution is -2.52. The topological polar surface area (TPSA) is 75.4 Å². The first-order chi connectivity index (χ1) is 8.84. The van der Waals surface area contributed by atoms with Gasteiger partial charge in [0.15, 0.2) is 0 Å². The lowest BCUT2D eigenvalue weighted by Gasteiger charge is -2.28. The summed E-state index contributed by atoms with van der Waals surface area (Å²) >= 11 is 0. The molecule has 0 aromatic rings. The van der Waals surface area contributed by atoms with Crippen LogP contribution in [-0.2, 0) is 9.59 Å². The van der Waals surface area contributed by atoms with Crippen molar-refractivity contribution in [3.05, 3.63) is 0 Å². The second-order valence-corrected chi connectivity index (χ2v) is 6.10. The fourth-order valence-electron chi connectivity index (χ4n) is 2.20. The predicted molar refractivity (Wildman–Crippen MR) is 75.4 cm³/mol. The minimum atomic E-state index is -0.515. The van der Waals surface area contributed by atoms with Crippen molar-refractivity contribution in [3.8, 4) is 0 Å². The van der Waals surface area contributed by atoms with E-state index < -0.39 is 6.04 Å². The molecule has 1 aliphatic heterocycles. The van der Waals surface area contributed by atoms with Gasteiger partial charge in [-0.2, -0.15) is 0 Å². The van der Waals surface area contributed by atoms with Crippen molar-refractivity contribution in [2.45, 2.75) is 52.6 Å². The Morgan fingerprint density at radius 1 is 1.32 bits per heavy atom. The Balaban J connectivity index is 2.63. The van der Waals surface area contributed by atoms with Crippen molar-refractivity contribution in [2.24, 2.45) is 17.6 Å². The molecule has 5 heteroatoms. The summed E-state index contributed by atoms with van der Waals surface area (Å²) in [6, 6.07) is -0.852. The summed E-state index contributed by atoms with van der Waals surface area (Å²) in [7, 11) is 0. The minimum absolute atomic E-state index is 0.0458. The molecule has 0 aromatic heterocycles. The Hall–Kier alpha value is -1.10. The van der Waals surface area contributed by atoms with E-state index in [0.29, 0.717) is 19.0 Å². The van der Waals surface area contributed by atoms with Gasteiger partial charge in [-0.25, -0.2) is 0 Å². The van der Waals surface area contributed by atoms with E-state index in [9.17, 15) is 9.59 Å². The normalized spacial score (nSPS) is 21.0. The number of rotatable bonds is 5. The molecule has 0 unspecified atom stereocenters. The smallest absolute Gasteiger partial charge is 0.242 e. The standard InChI is InChI=1S/C14H27N3O2/c1-9(2)8-16-13(18)11-6-5-7-17(11)14(19)12(15)10(3)4/h9-12H,5-8,15H2,1-4H3,(H,16,18)/t11-,12-/m0/s1. The number of nitrogens with zero attached hydrogens (tertiary/aromatic N) is 1. The van der Waals surface area contributed by atoms with E-state index in [2.05, 4.69) is 5.32 Å². The second-order valence-electron chi connectivity index (χ2n) is 6.10. The molecule has 0 aliphatic carbocycles. The van der Waals surface area contributed by atoms with Gasteiger partial charge in [-0.05, 0) is 24.7 Å². The van der Waals surface area contributed by atoms with Gasteiger partial charge in [0.25, 0.3) is 0 Å². The Labute approximate surface area is 115 Å². The summed E-state index contributed by atoms with van der Waals surface area (Å²) in [5, 5.41) is 2.90. The van der Waals surface area contributed by atoms with E-state index >= 15 is 0 Å². The maximum Gasteiger partial charge on any atom is 0.242 e. The molecular weight excluding hydrogens is 242 g/mol. The van der Waals surface area contributed by atoms with Gasteiger partial charge >= 0.3 is 0 Å². The average Bonchev–Trinajstić information content (AvgIpc) is 2.82. The fourth-order valence-corrected chi connectivity index (χ4v) is 2.20. The number of nitrogens with one attached hydrogen (secondary N) is 1. The molecule has 1 fully saturated rings. The number of amides is 2. The first-order valence-corrected chi connectivity index (χ1v) is 7.18. The summed E-state index contributed by atoms with van der Waals surface area (Å²) in [4.78, 5) is 26.0. The van der Waals surface area contributed by atoms with Crippen molar-refractivity contribution < 1.29 is 9.59 Å². The Morgan fingerprint density at radius 2 is 1.95 bits per heavy atom. The summed E-state index contributed by atoms with van der Waals surface area (Å²) < 4.78 is 0. The first kappa shape index (κ1) is 16.0. The van der Waals surface area contributed by atoms with Crippen molar-refractivity contribution in [1.82, 2.24) is 10.2 Å². The van der Waals surface area contributed by atoms with Crippen LogP contribution in [0.3, 0.4) is 0 Å². The monoisotopic (exact) mass is 269 g/mol. The third kappa shape index (κ3) is 4.20. The summed E-state index contributed by atoms with van der Waals surface area (Å²) in [6.45, 7) is 9.23. The molecule has 110 valence electrons. The number of nitrogens with two attached hydrogens (primary N) is 1. The Morgan fingerprint density at radius 3 is 2.47 bits per heavy atom. The average molecular weight is 269 g/mol. The van der Waals surface area contributed by atoms with Crippen LogP contribution >= 0.6 is 0 Å². The third-order valence-electron chi connectivity index (χ3n) is 3.53. The molecule has 1 heterocycles. The van der Waals surface area contributed by atoms with Crippen molar-refractivity contribution in [3.63, 3.8) is 0 Å². The lowest BCUT2D eigenvalue weighted by molar-refractivity contribution is -0.140. The molecule has 19 heavy (non-hydrogen) atoms. The van der Waals surface area contributed by atoms with Crippen molar-refractivity contribution in [2.75, 3.05) is 13.1 Å². The van der Waals surface area contributed by atoms with Crippen LogP contribution in [0.1, 0.15) is 40.5 Å². The zero-order chi connectivity index (χ0) is 14.6. The SMILES string of the molecule is CC(C)CNC(=O)[C@@H]1CCCN1C(=O)[C@@H](N)C(C)C. The van der Waals surface area contributed by atoms with Gasteiger partial charge in [0.2, 0.25) is 11.8 Å². The lowest BCUT2D eigenvalue weighted by atomic mass is 10.0. The molecule has 0 aromatic carbocycles. The summed E-state index contributed by atoms with van der Waals surface area (Å²) in [5.74, 6) is 0.354. The molecule has 3 N–H and O–H groups in total. The van der Waals surface area contributed by atoms with Gasteiger partial charge in [-0.1, -0.05) is 27.7 Å². The van der Waals surface area contributed by atoms with Gasteiger partial charge < -0.3 is 16.0 Å². The highest BCUT2D eigenvalue weighted by atomic mass is 16.2. The maximum absolute atomic E-state index is 12.3. The van der Waals surface area contributed by atoms with Crippen LogP contribution in [0, 0.1) is 11.8 Å². The zero-order valence-corrected chi connectivity index (χ0v) is 12.5. The highest BCUT2D eigenvalue weighted by molar-refractivity contribution is 5.90. The van der Waals surface area contributed by atoms with E-state index in [1.807, 2.05) is 27.7 Å². The van der Waals surface area contributed by atoms with Crippen LogP contribution in [0.25, 0.3) is 0 Å². The van der Waals surface area contributed by atoms with Gasteiger partial charge in [0.1, 0.15) is 6.04 Å². The summed E-state index contributed by atoms with van der Waals surface area (Å²) in [6.07, 6.45) is 1.61. The van der Waals surface area contributed by atoms with Gasteiger partial charge in [-0.15, -0.1) is 0 Å². The second kappa shape index (κ2) is 6.89. The number of likely N-dealkylation sites (tertiary alicyclic amines) is 1. The van der Waals surface area contributed by atoms with E-state index in [0.717, 1.165) is 12.8 Å². The fraction of sp³-hybridized carbons (Fsp3) is 0.857. The molecule has 1 saturated heterocycles. The number of hydrogen-bond donors (Lipinski definition) is 2. The number of hydrogen-bond acceptors (Lipinski definition) is 3. The third-order valence-corrected chi connectivity index (χ3v) is 3.53. The Kier molecular flexibility index (Phi) is 5.79. The zero-order valence-electron chi connectivity index (χ0n) is 12.5. The number of carbonyl (C=O) groups is 2. The molecular formula is C14H27N3O2. The van der Waals surface area contributed by atoms with E-state index in [4.69, 9.17) is 5.73 Å². The molecule has 1 aliphatic rings. The highest BCUT2D eigenvalue weighted by Crippen LogP contribution is 2.19. The minimum Gasteiger partial charge on any atom is -0.354 e. The molecule has 2 amide bonds. The molecule has 0 radical (unpaired) electrons. The van der Waals surface area contributed by atoms with Crippen LogP contribution in [0.2, 0.25) is 0 Å². The van der Waals surface area contributed by atoms with Crippen LogP contribution < -0.4 is 11.1 Å². The van der Waals surface area contributed by atoms with Crippen LogP contribution in [0.15, 0.2) is 0 Å². The van der Waals surface area contributed by atoms with Crippen LogP contribution in [0.5, 0.6) is 0 Å². The molecule has 1 rings (SSSR count). The van der Waals surface area contributed by atoms with E-state index in [1.54, 1.807) is 4.90 Å². The molecule has 0 saturated carbocycles. The van der Waals surface area contributed by atoms with Crippen molar-refractivity contribution in [1.29, 1.82) is 0 Å². The quantitative estimate of drug-likeness (QED) is 0.772. The molecule has 2 atom stereocenters. The van der Waals surface area contributed by atoms with Gasteiger partial charge in [0.05, 0.1) is 6.04 Å².